The Hall–Kier alpha value is -1.12. The molecule has 0 atom stereocenters. The van der Waals surface area contributed by atoms with Crippen LogP contribution in [0.3, 0.4) is 0 Å². The molecule has 0 amide bonds. The summed E-state index contributed by atoms with van der Waals surface area (Å²) < 4.78 is 0. The predicted molar refractivity (Wildman–Crippen MR) is 66.5 cm³/mol. The van der Waals surface area contributed by atoms with Crippen LogP contribution >= 0.6 is 0 Å². The van der Waals surface area contributed by atoms with Gasteiger partial charge in [-0.25, -0.2) is 0 Å². The van der Waals surface area contributed by atoms with E-state index in [0.717, 1.165) is 13.0 Å². The zero-order valence-electron chi connectivity index (χ0n) is 9.98. The predicted octanol–water partition coefficient (Wildman–Crippen LogP) is 3.29. The summed E-state index contributed by atoms with van der Waals surface area (Å²) in [5, 5.41) is 10.6. The first-order valence-corrected chi connectivity index (χ1v) is 5.90. The molecule has 1 aromatic carbocycles. The maximum Gasteiger partial charge on any atom is 0.0424 e. The second kappa shape index (κ2) is 4.81. The normalized spacial score (nSPS) is 17.6. The summed E-state index contributed by atoms with van der Waals surface area (Å²) in [5.74, 6) is 0.585. The lowest BCUT2D eigenvalue weighted by molar-refractivity contribution is -0.0807. The molecule has 1 aromatic rings. The molecule has 86 valence electrons. The molecule has 1 aliphatic rings. The number of rotatable bonds is 2. The fourth-order valence-electron chi connectivity index (χ4n) is 2.00. The Bertz CT molecular complexity index is 378. The van der Waals surface area contributed by atoms with Crippen LogP contribution in [-0.4, -0.2) is 23.4 Å². The Balaban J connectivity index is 2.16. The van der Waals surface area contributed by atoms with Crippen molar-refractivity contribution < 1.29 is 5.21 Å². The standard InChI is InChI=1S/C14H19NO/c1-11(2)12-3-5-13(6-4-12)14-7-9-15(16)10-8-14/h3-7,11,16H,8-10H2,1-2H3. The minimum absolute atomic E-state index is 0.585. The number of nitrogens with zero attached hydrogens (tertiary/aromatic N) is 1. The van der Waals surface area contributed by atoms with Crippen molar-refractivity contribution in [3.05, 3.63) is 41.5 Å². The zero-order chi connectivity index (χ0) is 11.5. The first-order valence-electron chi connectivity index (χ1n) is 5.90. The van der Waals surface area contributed by atoms with Gasteiger partial charge in [-0.05, 0) is 29.0 Å². The van der Waals surface area contributed by atoms with Crippen molar-refractivity contribution in [2.24, 2.45) is 0 Å². The highest BCUT2D eigenvalue weighted by molar-refractivity contribution is 5.66. The van der Waals surface area contributed by atoms with Gasteiger partial charge in [-0.1, -0.05) is 44.2 Å². The van der Waals surface area contributed by atoms with Gasteiger partial charge in [0.1, 0.15) is 0 Å². The van der Waals surface area contributed by atoms with E-state index in [9.17, 15) is 5.21 Å². The van der Waals surface area contributed by atoms with Crippen LogP contribution in [0.25, 0.3) is 5.57 Å². The lowest BCUT2D eigenvalue weighted by atomic mass is 9.96. The van der Waals surface area contributed by atoms with Crippen LogP contribution in [-0.2, 0) is 0 Å². The minimum atomic E-state index is 0.585. The maximum absolute atomic E-state index is 9.28. The molecule has 1 heterocycles. The molecule has 16 heavy (non-hydrogen) atoms. The largest absolute Gasteiger partial charge is 0.314 e. The van der Waals surface area contributed by atoms with E-state index < -0.39 is 0 Å². The van der Waals surface area contributed by atoms with Gasteiger partial charge in [-0.3, -0.25) is 0 Å². The summed E-state index contributed by atoms with van der Waals surface area (Å²) in [6, 6.07) is 8.78. The van der Waals surface area contributed by atoms with Gasteiger partial charge in [0, 0.05) is 13.1 Å². The van der Waals surface area contributed by atoms with E-state index in [-0.39, 0.29) is 0 Å². The first kappa shape index (κ1) is 11.4. The number of benzene rings is 1. The van der Waals surface area contributed by atoms with Gasteiger partial charge in [-0.2, -0.15) is 5.06 Å². The Kier molecular flexibility index (Phi) is 3.42. The summed E-state index contributed by atoms with van der Waals surface area (Å²) in [6.45, 7) is 5.79. The molecule has 0 aromatic heterocycles. The van der Waals surface area contributed by atoms with Crippen LogP contribution < -0.4 is 0 Å². The van der Waals surface area contributed by atoms with Crippen molar-refractivity contribution in [1.82, 2.24) is 5.06 Å². The van der Waals surface area contributed by atoms with Crippen LogP contribution in [0.2, 0.25) is 0 Å². The van der Waals surface area contributed by atoms with Crippen LogP contribution in [0.1, 0.15) is 37.3 Å². The van der Waals surface area contributed by atoms with E-state index in [1.54, 1.807) is 0 Å². The van der Waals surface area contributed by atoms with Gasteiger partial charge < -0.3 is 5.21 Å². The van der Waals surface area contributed by atoms with Gasteiger partial charge in [0.25, 0.3) is 0 Å². The smallest absolute Gasteiger partial charge is 0.0424 e. The van der Waals surface area contributed by atoms with E-state index in [4.69, 9.17) is 0 Å². The summed E-state index contributed by atoms with van der Waals surface area (Å²) in [4.78, 5) is 0. The number of hydrogen-bond acceptors (Lipinski definition) is 2. The Labute approximate surface area is 97.2 Å². The molecule has 1 aliphatic heterocycles. The maximum atomic E-state index is 9.28. The van der Waals surface area contributed by atoms with Crippen LogP contribution in [0, 0.1) is 0 Å². The third-order valence-electron chi connectivity index (χ3n) is 3.14. The Morgan fingerprint density at radius 1 is 1.19 bits per heavy atom. The summed E-state index contributed by atoms with van der Waals surface area (Å²) in [7, 11) is 0. The molecule has 2 rings (SSSR count). The molecule has 2 nitrogen and oxygen atoms in total. The Morgan fingerprint density at radius 2 is 1.88 bits per heavy atom. The molecular weight excluding hydrogens is 198 g/mol. The summed E-state index contributed by atoms with van der Waals surface area (Å²) in [5.41, 5.74) is 4.02. The molecule has 0 aliphatic carbocycles. The molecule has 0 spiro atoms. The molecule has 0 fully saturated rings. The van der Waals surface area contributed by atoms with Crippen LogP contribution in [0.15, 0.2) is 30.3 Å². The average molecular weight is 217 g/mol. The highest BCUT2D eigenvalue weighted by Crippen LogP contribution is 2.23. The second-order valence-corrected chi connectivity index (χ2v) is 4.67. The summed E-state index contributed by atoms with van der Waals surface area (Å²) in [6.07, 6.45) is 3.03. The van der Waals surface area contributed by atoms with Crippen molar-refractivity contribution in [2.75, 3.05) is 13.1 Å². The van der Waals surface area contributed by atoms with E-state index in [2.05, 4.69) is 44.2 Å². The molecule has 0 bridgehead atoms. The highest BCUT2D eigenvalue weighted by Gasteiger charge is 2.10. The third kappa shape index (κ3) is 2.52. The van der Waals surface area contributed by atoms with Gasteiger partial charge >= 0.3 is 0 Å². The van der Waals surface area contributed by atoms with Crippen molar-refractivity contribution in [3.63, 3.8) is 0 Å². The van der Waals surface area contributed by atoms with E-state index in [0.29, 0.717) is 12.5 Å². The van der Waals surface area contributed by atoms with E-state index in [1.807, 2.05) is 0 Å². The number of hydroxylamine groups is 2. The van der Waals surface area contributed by atoms with Gasteiger partial charge in [-0.15, -0.1) is 0 Å². The lowest BCUT2D eigenvalue weighted by Crippen LogP contribution is -2.24. The van der Waals surface area contributed by atoms with Crippen molar-refractivity contribution >= 4 is 5.57 Å². The SMILES string of the molecule is CC(C)c1ccc(C2=CCN(O)CC2)cc1. The van der Waals surface area contributed by atoms with E-state index >= 15 is 0 Å². The molecule has 1 N–H and O–H groups in total. The highest BCUT2D eigenvalue weighted by atomic mass is 16.5. The first-order chi connectivity index (χ1) is 7.66. The van der Waals surface area contributed by atoms with E-state index in [1.165, 1.54) is 21.8 Å². The van der Waals surface area contributed by atoms with Crippen molar-refractivity contribution in [1.29, 1.82) is 0 Å². The molecule has 0 unspecified atom stereocenters. The zero-order valence-corrected chi connectivity index (χ0v) is 9.98. The Morgan fingerprint density at radius 3 is 2.38 bits per heavy atom. The second-order valence-electron chi connectivity index (χ2n) is 4.67. The van der Waals surface area contributed by atoms with Crippen LogP contribution in [0.5, 0.6) is 0 Å². The fourth-order valence-corrected chi connectivity index (χ4v) is 2.00. The molecule has 0 saturated heterocycles. The monoisotopic (exact) mass is 217 g/mol. The van der Waals surface area contributed by atoms with Gasteiger partial charge in [0.2, 0.25) is 0 Å². The van der Waals surface area contributed by atoms with Crippen molar-refractivity contribution in [3.8, 4) is 0 Å². The topological polar surface area (TPSA) is 23.5 Å². The quantitative estimate of drug-likeness (QED) is 0.821. The minimum Gasteiger partial charge on any atom is -0.314 e. The fraction of sp³-hybridized carbons (Fsp3) is 0.429. The average Bonchev–Trinajstić information content (AvgIpc) is 2.30. The molecule has 0 saturated carbocycles. The summed E-state index contributed by atoms with van der Waals surface area (Å²) >= 11 is 0. The lowest BCUT2D eigenvalue weighted by Gasteiger charge is -2.20. The van der Waals surface area contributed by atoms with Crippen molar-refractivity contribution in [2.45, 2.75) is 26.2 Å². The van der Waals surface area contributed by atoms with Crippen LogP contribution in [0.4, 0.5) is 0 Å². The van der Waals surface area contributed by atoms with Gasteiger partial charge in [0.05, 0.1) is 0 Å². The molecular formula is C14H19NO. The number of hydrogen-bond donors (Lipinski definition) is 1. The third-order valence-corrected chi connectivity index (χ3v) is 3.14. The van der Waals surface area contributed by atoms with Gasteiger partial charge in [0.15, 0.2) is 0 Å². The molecule has 2 heteroatoms. The molecule has 0 radical (unpaired) electrons.